The number of fused-ring (bicyclic) bond motifs is 5. The number of rotatable bonds is 9. The maximum atomic E-state index is 17.5. The second-order valence-corrected chi connectivity index (χ2v) is 12.5. The first-order valence-corrected chi connectivity index (χ1v) is 14.7. The van der Waals surface area contributed by atoms with Crippen molar-refractivity contribution in [2.24, 2.45) is 28.6 Å². The summed E-state index contributed by atoms with van der Waals surface area (Å²) in [5, 5.41) is 11.7. The van der Waals surface area contributed by atoms with Gasteiger partial charge in [0.25, 0.3) is 0 Å². The van der Waals surface area contributed by atoms with Gasteiger partial charge in [0, 0.05) is 29.1 Å². The molecule has 8 atom stereocenters. The Balaban J connectivity index is 1.75. The highest BCUT2D eigenvalue weighted by molar-refractivity contribution is 6.01. The number of ketones is 2. The molecule has 4 rings (SSSR count). The van der Waals surface area contributed by atoms with E-state index < -0.39 is 70.5 Å². The summed E-state index contributed by atoms with van der Waals surface area (Å²) < 4.78 is 34.1. The first-order chi connectivity index (χ1) is 18.8. The maximum absolute atomic E-state index is 17.5. The molecule has 3 saturated carbocycles. The minimum Gasteiger partial charge on any atom is -0.457 e. The molecule has 0 aromatic carbocycles. The number of aliphatic hydroxyl groups is 1. The van der Waals surface area contributed by atoms with E-state index in [1.807, 2.05) is 13.8 Å². The van der Waals surface area contributed by atoms with E-state index in [0.717, 1.165) is 6.42 Å². The van der Waals surface area contributed by atoms with Gasteiger partial charge in [-0.15, -0.1) is 0 Å². The monoisotopic (exact) mass is 562 g/mol. The van der Waals surface area contributed by atoms with Crippen molar-refractivity contribution >= 4 is 23.7 Å². The number of Topliss-reactive ketones (excluding diaryl/α,β-unsaturated/α-hetero) is 1. The van der Waals surface area contributed by atoms with Crippen LogP contribution in [0, 0.1) is 28.6 Å². The van der Waals surface area contributed by atoms with Crippen LogP contribution in [0.5, 0.6) is 0 Å². The van der Waals surface area contributed by atoms with E-state index in [-0.39, 0.29) is 25.2 Å². The third kappa shape index (κ3) is 4.43. The lowest BCUT2D eigenvalue weighted by Crippen LogP contribution is -2.70. The second-order valence-electron chi connectivity index (χ2n) is 12.5. The quantitative estimate of drug-likeness (QED) is 0.301. The summed E-state index contributed by atoms with van der Waals surface area (Å²) in [7, 11) is 0. The van der Waals surface area contributed by atoms with Gasteiger partial charge in [0.05, 0.1) is 12.7 Å². The molecule has 1 N–H and O–H groups in total. The van der Waals surface area contributed by atoms with Crippen molar-refractivity contribution in [1.29, 1.82) is 0 Å². The maximum Gasteiger partial charge on any atom is 0.509 e. The molecule has 0 aromatic rings. The van der Waals surface area contributed by atoms with Crippen LogP contribution in [0.1, 0.15) is 86.0 Å². The van der Waals surface area contributed by atoms with Gasteiger partial charge in [0.2, 0.25) is 5.78 Å². The molecule has 0 saturated heterocycles. The summed E-state index contributed by atoms with van der Waals surface area (Å²) in [5.74, 6) is -2.97. The van der Waals surface area contributed by atoms with Gasteiger partial charge in [-0.1, -0.05) is 45.8 Å². The molecule has 9 heteroatoms. The number of ether oxygens (including phenoxy) is 3. The van der Waals surface area contributed by atoms with Gasteiger partial charge < -0.3 is 19.3 Å². The van der Waals surface area contributed by atoms with Gasteiger partial charge in [-0.2, -0.15) is 0 Å². The highest BCUT2D eigenvalue weighted by Gasteiger charge is 2.77. The van der Waals surface area contributed by atoms with Gasteiger partial charge >= 0.3 is 12.1 Å². The predicted molar refractivity (Wildman–Crippen MR) is 144 cm³/mol. The fraction of sp³-hybridized carbons (Fsp3) is 0.742. The lowest BCUT2D eigenvalue weighted by molar-refractivity contribution is -0.222. The zero-order valence-corrected chi connectivity index (χ0v) is 24.3. The Hall–Kier alpha value is -2.55. The van der Waals surface area contributed by atoms with Crippen LogP contribution in [-0.4, -0.2) is 59.4 Å². The molecule has 0 heterocycles. The van der Waals surface area contributed by atoms with Gasteiger partial charge in [-0.3, -0.25) is 14.4 Å². The second kappa shape index (κ2) is 11.0. The summed E-state index contributed by atoms with van der Waals surface area (Å²) in [4.78, 5) is 51.3. The van der Waals surface area contributed by atoms with Crippen LogP contribution in [0.4, 0.5) is 9.18 Å². The molecule has 0 bridgehead atoms. The highest BCUT2D eigenvalue weighted by atomic mass is 19.1. The number of esters is 1. The fourth-order valence-corrected chi connectivity index (χ4v) is 8.39. The molecule has 0 spiro atoms. The van der Waals surface area contributed by atoms with Crippen LogP contribution in [-0.2, 0) is 28.6 Å². The molecule has 0 aromatic heterocycles. The van der Waals surface area contributed by atoms with Crippen LogP contribution in [0.3, 0.4) is 0 Å². The number of hydrogen-bond donors (Lipinski definition) is 1. The van der Waals surface area contributed by atoms with Crippen molar-refractivity contribution in [3.63, 3.8) is 0 Å². The number of hydrogen-bond acceptors (Lipinski definition) is 8. The van der Waals surface area contributed by atoms with Crippen molar-refractivity contribution < 1.29 is 42.9 Å². The standard InChI is InChI=1S/C31H43FO8/c1-6-8-14-38-27(37)40-31(25(35)18-39-26(36)9-7-2)19(3)15-23-22-11-10-20-16-21(33)12-13-28(20,4)30(22,32)24(34)17-29(23,31)5/h12-13,16,19,22-24,34H,6-11,14-15,17-18H2,1-5H3/t19-,22+,23+,24+,28+,29+,30+,31+/m1/s1. The van der Waals surface area contributed by atoms with Crippen LogP contribution < -0.4 is 0 Å². The molecule has 8 nitrogen and oxygen atoms in total. The van der Waals surface area contributed by atoms with Crippen molar-refractivity contribution in [3.8, 4) is 0 Å². The zero-order valence-electron chi connectivity index (χ0n) is 24.3. The van der Waals surface area contributed by atoms with Gasteiger partial charge in [0.1, 0.15) is 0 Å². The Morgan fingerprint density at radius 3 is 2.52 bits per heavy atom. The molecule has 4 aliphatic carbocycles. The summed E-state index contributed by atoms with van der Waals surface area (Å²) in [6.45, 7) is 8.59. The van der Waals surface area contributed by atoms with Crippen molar-refractivity contribution in [2.75, 3.05) is 13.2 Å². The molecule has 0 unspecified atom stereocenters. The van der Waals surface area contributed by atoms with Gasteiger partial charge in [-0.05, 0) is 63.5 Å². The van der Waals surface area contributed by atoms with Crippen molar-refractivity contribution in [3.05, 3.63) is 23.8 Å². The molecule has 40 heavy (non-hydrogen) atoms. The number of unbranched alkanes of at least 4 members (excludes halogenated alkanes) is 1. The number of carbonyl (C=O) groups is 4. The predicted octanol–water partition coefficient (Wildman–Crippen LogP) is 5.21. The Morgan fingerprint density at radius 2 is 1.85 bits per heavy atom. The minimum absolute atomic E-state index is 0.122. The minimum atomic E-state index is -2.09. The van der Waals surface area contributed by atoms with Gasteiger partial charge in [0.15, 0.2) is 23.7 Å². The van der Waals surface area contributed by atoms with E-state index in [0.29, 0.717) is 37.7 Å². The number of carbonyl (C=O) groups excluding carboxylic acids is 4. The smallest absolute Gasteiger partial charge is 0.457 e. The summed E-state index contributed by atoms with van der Waals surface area (Å²) in [6, 6.07) is 0. The van der Waals surface area contributed by atoms with Crippen molar-refractivity contribution in [1.82, 2.24) is 0 Å². The summed E-state index contributed by atoms with van der Waals surface area (Å²) in [6.07, 6.45) is 5.08. The largest absolute Gasteiger partial charge is 0.509 e. The van der Waals surface area contributed by atoms with Crippen LogP contribution >= 0.6 is 0 Å². The Bertz CT molecular complexity index is 1110. The molecule has 3 fully saturated rings. The summed E-state index contributed by atoms with van der Waals surface area (Å²) >= 11 is 0. The Morgan fingerprint density at radius 1 is 1.12 bits per heavy atom. The van der Waals surface area contributed by atoms with Crippen LogP contribution in [0.15, 0.2) is 23.8 Å². The highest BCUT2D eigenvalue weighted by Crippen LogP contribution is 2.71. The molecule has 0 aliphatic heterocycles. The number of alkyl halides is 1. The van der Waals surface area contributed by atoms with E-state index in [2.05, 4.69) is 0 Å². The number of aliphatic hydroxyl groups excluding tert-OH is 1. The third-order valence-corrected chi connectivity index (χ3v) is 10.4. The molecule has 0 amide bonds. The lowest BCUT2D eigenvalue weighted by Gasteiger charge is -2.62. The molecule has 222 valence electrons. The average Bonchev–Trinajstić information content (AvgIpc) is 3.11. The summed E-state index contributed by atoms with van der Waals surface area (Å²) in [5.41, 5.74) is -5.56. The van der Waals surface area contributed by atoms with Gasteiger partial charge in [-0.25, -0.2) is 9.18 Å². The molecular formula is C31H43FO8. The Labute approximate surface area is 235 Å². The topological polar surface area (TPSA) is 116 Å². The van der Waals surface area contributed by atoms with E-state index in [1.54, 1.807) is 26.8 Å². The van der Waals surface area contributed by atoms with Crippen molar-refractivity contribution in [2.45, 2.75) is 103 Å². The normalized spacial score (nSPS) is 39.9. The van der Waals surface area contributed by atoms with E-state index >= 15 is 4.39 Å². The Kier molecular flexibility index (Phi) is 8.38. The lowest BCUT2D eigenvalue weighted by atomic mass is 9.44. The first-order valence-electron chi connectivity index (χ1n) is 14.7. The third-order valence-electron chi connectivity index (χ3n) is 10.4. The van der Waals surface area contributed by atoms with Crippen LogP contribution in [0.25, 0.3) is 0 Å². The van der Waals surface area contributed by atoms with E-state index in [4.69, 9.17) is 14.2 Å². The molecule has 0 radical (unpaired) electrons. The molecular weight excluding hydrogens is 519 g/mol. The number of allylic oxidation sites excluding steroid dienone is 4. The SMILES string of the molecule is CCCCOC(=O)O[C@]1(C(=O)COC(=O)CCC)[C@H](C)C[C@H]2[C@@H]3CCC4=CC(=O)C=C[C@]4(C)[C@@]3(F)[C@@H](O)C[C@@]21C. The molecule has 4 aliphatic rings. The average molecular weight is 563 g/mol. The van der Waals surface area contributed by atoms with E-state index in [9.17, 15) is 24.3 Å². The zero-order chi connectivity index (χ0) is 29.5. The number of halogens is 1. The van der Waals surface area contributed by atoms with Crippen LogP contribution in [0.2, 0.25) is 0 Å². The first kappa shape index (κ1) is 30.4. The fourth-order valence-electron chi connectivity index (χ4n) is 8.39. The van der Waals surface area contributed by atoms with E-state index in [1.165, 1.54) is 12.2 Å².